The maximum atomic E-state index is 13.5. The quantitative estimate of drug-likeness (QED) is 0.545. The van der Waals surface area contributed by atoms with Crippen molar-refractivity contribution in [1.82, 2.24) is 30.2 Å². The summed E-state index contributed by atoms with van der Waals surface area (Å²) in [6.45, 7) is 1.41. The standard InChI is InChI=1S/C28H28N6O5/c35-23-9-8-20(18-5-2-1-3-6-18)21(23)13-26(36)33-15-22-25(16-33)39-17-19-14-34(32-31-19)11-12-38-24-7-4-10-29-27(24)28(37)30-22/h1-7,10,14,22,25H,8-9,11-13,15-17H2,(H,30,37)/t22-,25-/m0/s1. The second-order valence-corrected chi connectivity index (χ2v) is 9.82. The Hall–Kier alpha value is -4.38. The molecule has 6 rings (SSSR count). The Bertz CT molecular complexity index is 1430. The van der Waals surface area contributed by atoms with Crippen LogP contribution in [0.4, 0.5) is 0 Å². The predicted octanol–water partition coefficient (Wildman–Crippen LogP) is 1.80. The lowest BCUT2D eigenvalue weighted by molar-refractivity contribution is -0.130. The van der Waals surface area contributed by atoms with Crippen LogP contribution in [0.25, 0.3) is 5.57 Å². The Kier molecular flexibility index (Phi) is 6.89. The molecular weight excluding hydrogens is 500 g/mol. The van der Waals surface area contributed by atoms with Gasteiger partial charge in [-0.2, -0.15) is 0 Å². The van der Waals surface area contributed by atoms with Crippen LogP contribution in [0.5, 0.6) is 5.75 Å². The van der Waals surface area contributed by atoms with Crippen molar-refractivity contribution < 1.29 is 23.9 Å². The number of aromatic nitrogens is 4. The zero-order valence-corrected chi connectivity index (χ0v) is 21.3. The molecule has 2 aromatic heterocycles. The zero-order chi connectivity index (χ0) is 26.8. The molecule has 1 saturated heterocycles. The number of carbonyl (C=O) groups excluding carboxylic acids is 3. The highest BCUT2D eigenvalue weighted by atomic mass is 16.5. The lowest BCUT2D eigenvalue weighted by Crippen LogP contribution is -2.44. The molecule has 39 heavy (non-hydrogen) atoms. The number of hydrogen-bond acceptors (Lipinski definition) is 8. The van der Waals surface area contributed by atoms with Crippen LogP contribution >= 0.6 is 0 Å². The number of pyridine rings is 1. The van der Waals surface area contributed by atoms with Crippen LogP contribution in [-0.4, -0.2) is 74.3 Å². The first-order valence-corrected chi connectivity index (χ1v) is 13.0. The van der Waals surface area contributed by atoms with Gasteiger partial charge < -0.3 is 19.7 Å². The van der Waals surface area contributed by atoms with E-state index in [1.165, 1.54) is 6.20 Å². The minimum Gasteiger partial charge on any atom is -0.489 e. The number of rotatable bonds is 3. The van der Waals surface area contributed by atoms with Gasteiger partial charge in [0.05, 0.1) is 37.9 Å². The van der Waals surface area contributed by atoms with Gasteiger partial charge in [-0.25, -0.2) is 9.67 Å². The summed E-state index contributed by atoms with van der Waals surface area (Å²) in [5, 5.41) is 11.3. The van der Waals surface area contributed by atoms with Gasteiger partial charge >= 0.3 is 0 Å². The van der Waals surface area contributed by atoms with Crippen LogP contribution in [0.3, 0.4) is 0 Å². The van der Waals surface area contributed by atoms with E-state index in [2.05, 4.69) is 20.6 Å². The van der Waals surface area contributed by atoms with E-state index in [1.807, 2.05) is 30.3 Å². The minimum atomic E-state index is -0.490. The number of ketones is 1. The molecule has 1 aromatic carbocycles. The molecule has 11 nitrogen and oxygen atoms in total. The summed E-state index contributed by atoms with van der Waals surface area (Å²) < 4.78 is 13.6. The van der Waals surface area contributed by atoms with Crippen molar-refractivity contribution in [2.75, 3.05) is 19.7 Å². The van der Waals surface area contributed by atoms with Gasteiger partial charge in [-0.05, 0) is 29.7 Å². The number of hydrogen-bond donors (Lipinski definition) is 1. The Morgan fingerprint density at radius 1 is 1.08 bits per heavy atom. The lowest BCUT2D eigenvalue weighted by Gasteiger charge is -2.20. The van der Waals surface area contributed by atoms with Crippen molar-refractivity contribution >= 4 is 23.2 Å². The largest absolute Gasteiger partial charge is 0.489 e. The van der Waals surface area contributed by atoms with E-state index >= 15 is 0 Å². The summed E-state index contributed by atoms with van der Waals surface area (Å²) in [4.78, 5) is 45.3. The van der Waals surface area contributed by atoms with E-state index in [4.69, 9.17) is 9.47 Å². The Morgan fingerprint density at radius 3 is 2.82 bits per heavy atom. The van der Waals surface area contributed by atoms with E-state index in [1.54, 1.807) is 27.9 Å². The molecule has 4 heterocycles. The van der Waals surface area contributed by atoms with Crippen molar-refractivity contribution in [1.29, 1.82) is 0 Å². The zero-order valence-electron chi connectivity index (χ0n) is 21.3. The van der Waals surface area contributed by atoms with Gasteiger partial charge in [-0.3, -0.25) is 14.4 Å². The molecule has 1 aliphatic carbocycles. The van der Waals surface area contributed by atoms with Crippen molar-refractivity contribution in [2.24, 2.45) is 0 Å². The number of nitrogens with one attached hydrogen (secondary N) is 1. The van der Waals surface area contributed by atoms with E-state index in [9.17, 15) is 14.4 Å². The summed E-state index contributed by atoms with van der Waals surface area (Å²) in [6, 6.07) is 12.6. The number of carbonyl (C=O) groups is 3. The monoisotopic (exact) mass is 528 g/mol. The number of amides is 2. The van der Waals surface area contributed by atoms with E-state index in [0.717, 1.165) is 11.1 Å². The fraction of sp³-hybridized carbons (Fsp3) is 0.357. The van der Waals surface area contributed by atoms with Crippen molar-refractivity contribution in [2.45, 2.75) is 44.6 Å². The average molecular weight is 529 g/mol. The first-order valence-electron chi connectivity index (χ1n) is 13.0. The van der Waals surface area contributed by atoms with Crippen molar-refractivity contribution in [3.63, 3.8) is 0 Å². The lowest BCUT2D eigenvalue weighted by atomic mass is 10.00. The van der Waals surface area contributed by atoms with Crippen molar-refractivity contribution in [3.05, 3.63) is 77.4 Å². The number of ether oxygens (including phenoxy) is 2. The van der Waals surface area contributed by atoms with Gasteiger partial charge in [0, 0.05) is 31.3 Å². The predicted molar refractivity (Wildman–Crippen MR) is 138 cm³/mol. The Labute approximate surface area is 224 Å². The number of nitrogens with zero attached hydrogens (tertiary/aromatic N) is 5. The number of fused-ring (bicyclic) bond motifs is 4. The van der Waals surface area contributed by atoms with E-state index in [0.29, 0.717) is 36.4 Å². The molecule has 2 atom stereocenters. The summed E-state index contributed by atoms with van der Waals surface area (Å²) >= 11 is 0. The second kappa shape index (κ2) is 10.8. The highest BCUT2D eigenvalue weighted by Gasteiger charge is 2.39. The molecule has 0 radical (unpaired) electrons. The molecule has 2 aliphatic heterocycles. The van der Waals surface area contributed by atoms with Crippen LogP contribution < -0.4 is 10.1 Å². The maximum Gasteiger partial charge on any atom is 0.274 e. The third kappa shape index (κ3) is 5.30. The van der Waals surface area contributed by atoms with Crippen molar-refractivity contribution in [3.8, 4) is 5.75 Å². The molecule has 2 amide bonds. The van der Waals surface area contributed by atoms with E-state index in [-0.39, 0.29) is 50.1 Å². The fourth-order valence-electron chi connectivity index (χ4n) is 5.29. The van der Waals surface area contributed by atoms with Crippen LogP contribution in [0.15, 0.2) is 60.4 Å². The van der Waals surface area contributed by atoms with Gasteiger partial charge in [-0.15, -0.1) is 5.10 Å². The molecule has 1 fully saturated rings. The third-order valence-corrected chi connectivity index (χ3v) is 7.28. The summed E-state index contributed by atoms with van der Waals surface area (Å²) in [5.41, 5.74) is 3.27. The van der Waals surface area contributed by atoms with Gasteiger partial charge in [0.2, 0.25) is 5.91 Å². The minimum absolute atomic E-state index is 0.00958. The fourth-order valence-corrected chi connectivity index (χ4v) is 5.29. The van der Waals surface area contributed by atoms with Gasteiger partial charge in [0.15, 0.2) is 17.2 Å². The highest BCUT2D eigenvalue weighted by molar-refractivity contribution is 6.10. The smallest absolute Gasteiger partial charge is 0.274 e. The van der Waals surface area contributed by atoms with E-state index < -0.39 is 18.1 Å². The molecule has 0 saturated carbocycles. The molecule has 3 aliphatic rings. The summed E-state index contributed by atoms with van der Waals surface area (Å²) in [5.74, 6) is -0.219. The van der Waals surface area contributed by atoms with Gasteiger partial charge in [-0.1, -0.05) is 35.5 Å². The SMILES string of the molecule is O=C1CCC(c2ccccc2)=C1CC(=O)N1C[C@@H]2NC(=O)c3ncccc3OCCn3cc(nn3)CO[C@H]2C1. The Morgan fingerprint density at radius 2 is 1.95 bits per heavy atom. The van der Waals surface area contributed by atoms with Crippen LogP contribution in [0.1, 0.15) is 41.0 Å². The molecule has 0 spiro atoms. The number of likely N-dealkylation sites (tertiary alicyclic amines) is 1. The maximum absolute atomic E-state index is 13.5. The van der Waals surface area contributed by atoms with Crippen LogP contribution in [0, 0.1) is 0 Å². The molecule has 11 heteroatoms. The molecule has 0 unspecified atom stereocenters. The first kappa shape index (κ1) is 24.9. The molecular formula is C28H28N6O5. The Balaban J connectivity index is 1.23. The summed E-state index contributed by atoms with van der Waals surface area (Å²) in [7, 11) is 0. The number of allylic oxidation sites excluding steroid dienone is 1. The number of Topliss-reactive ketones (excluding diaryl/α,β-unsaturated/α-hetero) is 1. The average Bonchev–Trinajstić information content (AvgIpc) is 3.67. The number of benzene rings is 1. The molecule has 2 bridgehead atoms. The molecule has 3 aromatic rings. The molecule has 1 N–H and O–H groups in total. The normalized spacial score (nSPS) is 21.6. The van der Waals surface area contributed by atoms with Crippen LogP contribution in [-0.2, 0) is 27.5 Å². The summed E-state index contributed by atoms with van der Waals surface area (Å²) in [6.07, 6.45) is 3.89. The highest BCUT2D eigenvalue weighted by Crippen LogP contribution is 2.34. The van der Waals surface area contributed by atoms with Gasteiger partial charge in [0.25, 0.3) is 5.91 Å². The second-order valence-electron chi connectivity index (χ2n) is 9.82. The third-order valence-electron chi connectivity index (χ3n) is 7.28. The first-order chi connectivity index (χ1) is 19.0. The van der Waals surface area contributed by atoms with Crippen LogP contribution in [0.2, 0.25) is 0 Å². The van der Waals surface area contributed by atoms with Gasteiger partial charge in [0.1, 0.15) is 12.3 Å². The molecule has 200 valence electrons. The topological polar surface area (TPSA) is 129 Å².